The Morgan fingerprint density at radius 2 is 1.48 bits per heavy atom. The van der Waals surface area contributed by atoms with Crippen molar-refractivity contribution in [3.63, 3.8) is 0 Å². The van der Waals surface area contributed by atoms with Crippen molar-refractivity contribution in [2.24, 2.45) is 0 Å². The Morgan fingerprint density at radius 1 is 0.840 bits per heavy atom. The summed E-state index contributed by atoms with van der Waals surface area (Å²) >= 11 is 0. The lowest BCUT2D eigenvalue weighted by Crippen LogP contribution is -2.65. The summed E-state index contributed by atoms with van der Waals surface area (Å²) in [7, 11) is 0. The van der Waals surface area contributed by atoms with Crippen LogP contribution in [0.3, 0.4) is 0 Å². The lowest BCUT2D eigenvalue weighted by molar-refractivity contribution is 0.00335. The smallest absolute Gasteiger partial charge is 0.0338 e. The van der Waals surface area contributed by atoms with Crippen LogP contribution in [0.1, 0.15) is 43.2 Å². The van der Waals surface area contributed by atoms with Gasteiger partial charge in [-0.15, -0.1) is 0 Å². The molecule has 1 N–H and O–H groups in total. The van der Waals surface area contributed by atoms with E-state index in [0.29, 0.717) is 11.6 Å². The number of nitrogens with zero attached hydrogens (tertiary/aromatic N) is 1. The molecule has 0 amide bonds. The van der Waals surface area contributed by atoms with Crippen LogP contribution in [0, 0.1) is 0 Å². The van der Waals surface area contributed by atoms with Crippen molar-refractivity contribution in [2.45, 2.75) is 56.7 Å². The van der Waals surface area contributed by atoms with Crippen molar-refractivity contribution < 1.29 is 0 Å². The molecule has 1 saturated heterocycles. The third-order valence-electron chi connectivity index (χ3n) is 6.16. The van der Waals surface area contributed by atoms with Gasteiger partial charge in [0.1, 0.15) is 0 Å². The third kappa shape index (κ3) is 3.96. The number of nitrogens with one attached hydrogen (secondary N) is 1. The average Bonchev–Trinajstić information content (AvgIpc) is 2.67. The first kappa shape index (κ1) is 16.8. The fourth-order valence-electron chi connectivity index (χ4n) is 4.74. The molecular weight excluding hydrogens is 304 g/mol. The van der Waals surface area contributed by atoms with E-state index in [2.05, 4.69) is 70.9 Å². The van der Waals surface area contributed by atoms with Crippen LogP contribution in [-0.4, -0.2) is 29.6 Å². The summed E-state index contributed by atoms with van der Waals surface area (Å²) < 4.78 is 0. The van der Waals surface area contributed by atoms with Crippen LogP contribution in [0.4, 0.5) is 0 Å². The van der Waals surface area contributed by atoms with Crippen molar-refractivity contribution in [1.29, 1.82) is 0 Å². The molecule has 1 saturated carbocycles. The molecule has 2 aromatic rings. The van der Waals surface area contributed by atoms with E-state index in [9.17, 15) is 0 Å². The van der Waals surface area contributed by atoms with E-state index in [0.717, 1.165) is 26.1 Å². The maximum absolute atomic E-state index is 3.90. The molecule has 0 radical (unpaired) electrons. The first-order chi connectivity index (χ1) is 12.3. The first-order valence-corrected chi connectivity index (χ1v) is 9.90. The molecular formula is C23H30N2. The largest absolute Gasteiger partial charge is 0.311 e. The van der Waals surface area contributed by atoms with Crippen molar-refractivity contribution in [1.82, 2.24) is 10.2 Å². The van der Waals surface area contributed by atoms with Crippen molar-refractivity contribution in [3.8, 4) is 0 Å². The van der Waals surface area contributed by atoms with E-state index < -0.39 is 0 Å². The molecule has 25 heavy (non-hydrogen) atoms. The minimum Gasteiger partial charge on any atom is -0.311 e. The molecule has 2 nitrogen and oxygen atoms in total. The van der Waals surface area contributed by atoms with Crippen LogP contribution in [0.25, 0.3) is 0 Å². The third-order valence-corrected chi connectivity index (χ3v) is 6.16. The molecule has 0 aromatic heterocycles. The average molecular weight is 335 g/mol. The summed E-state index contributed by atoms with van der Waals surface area (Å²) in [4.78, 5) is 2.81. The van der Waals surface area contributed by atoms with E-state index in [1.165, 1.54) is 43.2 Å². The molecule has 1 spiro atoms. The molecule has 0 bridgehead atoms. The molecule has 1 aliphatic heterocycles. The molecule has 2 aliphatic rings. The maximum Gasteiger partial charge on any atom is 0.0338 e. The summed E-state index contributed by atoms with van der Waals surface area (Å²) in [5.41, 5.74) is 3.27. The molecule has 2 fully saturated rings. The van der Waals surface area contributed by atoms with E-state index >= 15 is 0 Å². The highest BCUT2D eigenvalue weighted by molar-refractivity contribution is 5.18. The second kappa shape index (κ2) is 7.72. The number of rotatable bonds is 4. The standard InChI is InChI=1S/C23H30N2/c1-4-10-20(11-5-1)16-22-18-25(17-21-12-6-2-7-13-21)23(19-24-22)14-8-3-9-15-23/h1-2,4-7,10-13,22,24H,3,8-9,14-19H2. The number of hydrogen-bond donors (Lipinski definition) is 1. The normalized spacial score (nSPS) is 23.6. The minimum atomic E-state index is 0.376. The van der Waals surface area contributed by atoms with Gasteiger partial charge in [0.2, 0.25) is 0 Å². The van der Waals surface area contributed by atoms with E-state index in [1.807, 2.05) is 0 Å². The Labute approximate surface area is 152 Å². The molecule has 1 unspecified atom stereocenters. The van der Waals surface area contributed by atoms with Crippen LogP contribution in [0.15, 0.2) is 60.7 Å². The van der Waals surface area contributed by atoms with E-state index in [1.54, 1.807) is 0 Å². The second-order valence-electron chi connectivity index (χ2n) is 7.92. The topological polar surface area (TPSA) is 15.3 Å². The summed E-state index contributed by atoms with van der Waals surface area (Å²) in [5.74, 6) is 0. The Balaban J connectivity index is 1.50. The van der Waals surface area contributed by atoms with Crippen LogP contribution in [0.2, 0.25) is 0 Å². The van der Waals surface area contributed by atoms with Crippen LogP contribution < -0.4 is 5.32 Å². The molecule has 1 heterocycles. The summed E-state index contributed by atoms with van der Waals surface area (Å²) in [6.45, 7) is 3.40. The van der Waals surface area contributed by atoms with Gasteiger partial charge in [-0.05, 0) is 30.4 Å². The molecule has 2 aromatic carbocycles. The van der Waals surface area contributed by atoms with Gasteiger partial charge < -0.3 is 5.32 Å². The fourth-order valence-corrected chi connectivity index (χ4v) is 4.74. The number of hydrogen-bond acceptors (Lipinski definition) is 2. The Morgan fingerprint density at radius 3 is 2.16 bits per heavy atom. The number of benzene rings is 2. The van der Waals surface area contributed by atoms with Gasteiger partial charge in [-0.2, -0.15) is 0 Å². The zero-order chi connectivity index (χ0) is 17.0. The first-order valence-electron chi connectivity index (χ1n) is 9.90. The van der Waals surface area contributed by atoms with Crippen LogP contribution in [-0.2, 0) is 13.0 Å². The van der Waals surface area contributed by atoms with Gasteiger partial charge >= 0.3 is 0 Å². The number of piperazine rings is 1. The molecule has 4 rings (SSSR count). The van der Waals surface area contributed by atoms with Crippen molar-refractivity contribution in [2.75, 3.05) is 13.1 Å². The van der Waals surface area contributed by atoms with Crippen molar-refractivity contribution >= 4 is 0 Å². The van der Waals surface area contributed by atoms with Gasteiger partial charge in [0, 0.05) is 31.2 Å². The highest BCUT2D eigenvalue weighted by Gasteiger charge is 2.41. The van der Waals surface area contributed by atoms with Gasteiger partial charge in [-0.3, -0.25) is 4.90 Å². The monoisotopic (exact) mass is 334 g/mol. The van der Waals surface area contributed by atoms with Gasteiger partial charge in [0.05, 0.1) is 0 Å². The highest BCUT2D eigenvalue weighted by Crippen LogP contribution is 2.36. The van der Waals surface area contributed by atoms with E-state index in [-0.39, 0.29) is 0 Å². The lowest BCUT2D eigenvalue weighted by Gasteiger charge is -2.52. The molecule has 1 aliphatic carbocycles. The Hall–Kier alpha value is -1.64. The zero-order valence-corrected chi connectivity index (χ0v) is 15.2. The van der Waals surface area contributed by atoms with Crippen LogP contribution in [0.5, 0.6) is 0 Å². The molecule has 2 heteroatoms. The van der Waals surface area contributed by atoms with E-state index in [4.69, 9.17) is 0 Å². The molecule has 1 atom stereocenters. The molecule has 132 valence electrons. The summed E-state index contributed by atoms with van der Waals surface area (Å²) in [6.07, 6.45) is 8.01. The minimum absolute atomic E-state index is 0.376. The predicted molar refractivity (Wildman–Crippen MR) is 105 cm³/mol. The SMILES string of the molecule is c1ccc(CC2CN(Cc3ccccc3)C3(CCCCC3)CN2)cc1. The Bertz CT molecular complexity index is 646. The fraction of sp³-hybridized carbons (Fsp3) is 0.478. The summed E-state index contributed by atoms with van der Waals surface area (Å²) in [5, 5.41) is 3.90. The Kier molecular flexibility index (Phi) is 5.19. The zero-order valence-electron chi connectivity index (χ0n) is 15.2. The maximum atomic E-state index is 3.90. The van der Waals surface area contributed by atoms with Crippen LogP contribution >= 0.6 is 0 Å². The highest BCUT2D eigenvalue weighted by atomic mass is 15.3. The van der Waals surface area contributed by atoms with Gasteiger partial charge in [-0.25, -0.2) is 0 Å². The van der Waals surface area contributed by atoms with Gasteiger partial charge in [0.15, 0.2) is 0 Å². The quantitative estimate of drug-likeness (QED) is 0.891. The van der Waals surface area contributed by atoms with Crippen molar-refractivity contribution in [3.05, 3.63) is 71.8 Å². The van der Waals surface area contributed by atoms with Gasteiger partial charge in [0.25, 0.3) is 0 Å². The predicted octanol–water partition coefficient (Wildman–Crippen LogP) is 4.41. The second-order valence-corrected chi connectivity index (χ2v) is 7.92. The summed E-state index contributed by atoms with van der Waals surface area (Å²) in [6, 6.07) is 22.5. The lowest BCUT2D eigenvalue weighted by atomic mass is 9.77. The van der Waals surface area contributed by atoms with Gasteiger partial charge in [-0.1, -0.05) is 79.9 Å².